The molecule has 0 bridgehead atoms. The lowest BCUT2D eigenvalue weighted by molar-refractivity contribution is -0.141. The molecule has 1 unspecified atom stereocenters. The number of carbonyl (C=O) groups is 2. The molecule has 0 spiro atoms. The van der Waals surface area contributed by atoms with Crippen molar-refractivity contribution in [2.75, 3.05) is 13.7 Å². The molecular formula is C21H19NO7. The zero-order chi connectivity index (χ0) is 21.0. The summed E-state index contributed by atoms with van der Waals surface area (Å²) in [6.45, 7) is 0.983. The second-order valence-electron chi connectivity index (χ2n) is 6.28. The molecule has 0 saturated carbocycles. The van der Waals surface area contributed by atoms with Crippen LogP contribution >= 0.6 is 0 Å². The lowest BCUT2D eigenvalue weighted by atomic mass is 10.0. The molecule has 8 nitrogen and oxygen atoms in total. The third-order valence-electron chi connectivity index (χ3n) is 4.23. The molecule has 0 aliphatic rings. The fourth-order valence-electron chi connectivity index (χ4n) is 2.74. The Kier molecular flexibility index (Phi) is 5.82. The number of carbonyl (C=O) groups excluding carboxylic acids is 1. The number of carboxylic acids is 1. The predicted octanol–water partition coefficient (Wildman–Crippen LogP) is 2.44. The summed E-state index contributed by atoms with van der Waals surface area (Å²) in [4.78, 5) is 34.5. The van der Waals surface area contributed by atoms with Gasteiger partial charge in [-0.15, -0.1) is 0 Å². The lowest BCUT2D eigenvalue weighted by Gasteiger charge is -2.11. The van der Waals surface area contributed by atoms with Gasteiger partial charge in [0.15, 0.2) is 6.61 Å². The van der Waals surface area contributed by atoms with Crippen LogP contribution in [0.3, 0.4) is 0 Å². The molecule has 150 valence electrons. The highest BCUT2D eigenvalue weighted by Crippen LogP contribution is 2.30. The Morgan fingerprint density at radius 1 is 1.10 bits per heavy atom. The van der Waals surface area contributed by atoms with Gasteiger partial charge in [0.25, 0.3) is 5.91 Å². The molecule has 3 aromatic rings. The van der Waals surface area contributed by atoms with Gasteiger partial charge in [-0.25, -0.2) is 4.79 Å². The third-order valence-corrected chi connectivity index (χ3v) is 4.23. The van der Waals surface area contributed by atoms with Crippen LogP contribution in [0, 0.1) is 0 Å². The standard InChI is InChI=1S/C21H19NO7/c1-12(21(25)26)22-19(23)11-28-15-7-8-16-17(10-20(24)29-18(16)9-15)13-3-5-14(27-2)6-4-13/h3-10,12H,11H2,1-2H3,(H,22,23)(H,25,26). The van der Waals surface area contributed by atoms with E-state index in [0.29, 0.717) is 28.0 Å². The van der Waals surface area contributed by atoms with Gasteiger partial charge in [-0.2, -0.15) is 0 Å². The van der Waals surface area contributed by atoms with Crippen molar-refractivity contribution in [3.8, 4) is 22.6 Å². The highest BCUT2D eigenvalue weighted by atomic mass is 16.5. The summed E-state index contributed by atoms with van der Waals surface area (Å²) in [5.41, 5.74) is 1.30. The first-order valence-electron chi connectivity index (χ1n) is 8.74. The smallest absolute Gasteiger partial charge is 0.336 e. The van der Waals surface area contributed by atoms with Crippen LogP contribution in [-0.4, -0.2) is 36.7 Å². The Labute approximate surface area is 165 Å². The summed E-state index contributed by atoms with van der Waals surface area (Å²) in [5.74, 6) is -0.705. The van der Waals surface area contributed by atoms with E-state index in [2.05, 4.69) is 5.32 Å². The van der Waals surface area contributed by atoms with Gasteiger partial charge in [0.2, 0.25) is 0 Å². The van der Waals surface area contributed by atoms with Crippen molar-refractivity contribution in [1.82, 2.24) is 5.32 Å². The molecular weight excluding hydrogens is 378 g/mol. The van der Waals surface area contributed by atoms with Crippen molar-refractivity contribution in [3.63, 3.8) is 0 Å². The molecule has 1 heterocycles. The van der Waals surface area contributed by atoms with E-state index < -0.39 is 23.5 Å². The van der Waals surface area contributed by atoms with E-state index in [9.17, 15) is 14.4 Å². The molecule has 1 atom stereocenters. The number of hydrogen-bond donors (Lipinski definition) is 2. The summed E-state index contributed by atoms with van der Waals surface area (Å²) in [5, 5.41) is 11.8. The lowest BCUT2D eigenvalue weighted by Crippen LogP contribution is -2.40. The minimum absolute atomic E-state index is 0.306. The topological polar surface area (TPSA) is 115 Å². The van der Waals surface area contributed by atoms with Crippen molar-refractivity contribution < 1.29 is 28.6 Å². The quantitative estimate of drug-likeness (QED) is 0.588. The first kappa shape index (κ1) is 19.9. The fourth-order valence-corrected chi connectivity index (χ4v) is 2.74. The predicted molar refractivity (Wildman–Crippen MR) is 105 cm³/mol. The Bertz CT molecular complexity index is 1100. The molecule has 29 heavy (non-hydrogen) atoms. The number of rotatable bonds is 7. The minimum atomic E-state index is -1.14. The van der Waals surface area contributed by atoms with Gasteiger partial charge in [-0.3, -0.25) is 9.59 Å². The Morgan fingerprint density at radius 2 is 1.79 bits per heavy atom. The Morgan fingerprint density at radius 3 is 2.45 bits per heavy atom. The van der Waals surface area contributed by atoms with Gasteiger partial charge in [-0.1, -0.05) is 12.1 Å². The highest BCUT2D eigenvalue weighted by molar-refractivity contribution is 5.94. The number of aliphatic carboxylic acids is 1. The van der Waals surface area contributed by atoms with Crippen LogP contribution in [0.25, 0.3) is 22.1 Å². The van der Waals surface area contributed by atoms with Crippen molar-refractivity contribution in [2.24, 2.45) is 0 Å². The molecule has 0 fully saturated rings. The second kappa shape index (κ2) is 8.47. The highest BCUT2D eigenvalue weighted by Gasteiger charge is 2.15. The number of amides is 1. The van der Waals surface area contributed by atoms with Crippen molar-refractivity contribution in [3.05, 3.63) is 59.0 Å². The van der Waals surface area contributed by atoms with Crippen LogP contribution in [0.5, 0.6) is 11.5 Å². The zero-order valence-electron chi connectivity index (χ0n) is 15.8. The van der Waals surface area contributed by atoms with Crippen LogP contribution in [0.1, 0.15) is 6.92 Å². The van der Waals surface area contributed by atoms with E-state index in [0.717, 1.165) is 5.56 Å². The molecule has 2 aromatic carbocycles. The number of carboxylic acid groups (broad SMARTS) is 1. The maximum Gasteiger partial charge on any atom is 0.336 e. The minimum Gasteiger partial charge on any atom is -0.497 e. The first-order chi connectivity index (χ1) is 13.9. The first-order valence-corrected chi connectivity index (χ1v) is 8.74. The summed E-state index contributed by atoms with van der Waals surface area (Å²) in [6, 6.07) is 12.5. The molecule has 0 radical (unpaired) electrons. The van der Waals surface area contributed by atoms with E-state index in [-0.39, 0.29) is 6.61 Å². The molecule has 0 saturated heterocycles. The second-order valence-corrected chi connectivity index (χ2v) is 6.28. The van der Waals surface area contributed by atoms with Crippen LogP contribution < -0.4 is 20.4 Å². The van der Waals surface area contributed by atoms with Crippen LogP contribution in [-0.2, 0) is 9.59 Å². The van der Waals surface area contributed by atoms with E-state index in [4.69, 9.17) is 19.0 Å². The maximum absolute atomic E-state index is 12.0. The molecule has 0 aliphatic heterocycles. The van der Waals surface area contributed by atoms with Crippen molar-refractivity contribution in [2.45, 2.75) is 13.0 Å². The number of nitrogens with one attached hydrogen (secondary N) is 1. The normalized spacial score (nSPS) is 11.7. The van der Waals surface area contributed by atoms with E-state index in [1.54, 1.807) is 31.4 Å². The van der Waals surface area contributed by atoms with Gasteiger partial charge in [0.05, 0.1) is 7.11 Å². The number of methoxy groups -OCH3 is 1. The third kappa shape index (κ3) is 4.73. The molecule has 1 aromatic heterocycles. The van der Waals surface area contributed by atoms with Crippen molar-refractivity contribution in [1.29, 1.82) is 0 Å². The van der Waals surface area contributed by atoms with E-state index in [1.807, 2.05) is 12.1 Å². The molecule has 0 aliphatic carbocycles. The van der Waals surface area contributed by atoms with Crippen LogP contribution in [0.15, 0.2) is 57.7 Å². The molecule has 2 N–H and O–H groups in total. The fraction of sp³-hybridized carbons (Fsp3) is 0.190. The average Bonchev–Trinajstić information content (AvgIpc) is 2.71. The van der Waals surface area contributed by atoms with Crippen LogP contribution in [0.2, 0.25) is 0 Å². The van der Waals surface area contributed by atoms with Gasteiger partial charge >= 0.3 is 11.6 Å². The summed E-state index contributed by atoms with van der Waals surface area (Å²) < 4.78 is 15.8. The summed E-state index contributed by atoms with van der Waals surface area (Å²) in [7, 11) is 1.58. The molecule has 1 amide bonds. The maximum atomic E-state index is 12.0. The number of fused-ring (bicyclic) bond motifs is 1. The number of benzene rings is 2. The van der Waals surface area contributed by atoms with Crippen molar-refractivity contribution >= 4 is 22.8 Å². The SMILES string of the molecule is COc1ccc(-c2cc(=O)oc3cc(OCC(=O)NC(C)C(=O)O)ccc23)cc1. The summed E-state index contributed by atoms with van der Waals surface area (Å²) >= 11 is 0. The largest absolute Gasteiger partial charge is 0.497 e. The average molecular weight is 397 g/mol. The molecule has 3 rings (SSSR count). The monoisotopic (exact) mass is 397 g/mol. The van der Waals surface area contributed by atoms with Gasteiger partial charge in [0.1, 0.15) is 23.1 Å². The molecule has 8 heteroatoms. The Balaban J connectivity index is 1.84. The van der Waals surface area contributed by atoms with E-state index >= 15 is 0 Å². The van der Waals surface area contributed by atoms with E-state index in [1.165, 1.54) is 19.1 Å². The Hall–Kier alpha value is -3.81. The van der Waals surface area contributed by atoms with Gasteiger partial charge in [-0.05, 0) is 42.3 Å². The zero-order valence-corrected chi connectivity index (χ0v) is 15.8. The van der Waals surface area contributed by atoms with Gasteiger partial charge < -0.3 is 24.3 Å². The summed E-state index contributed by atoms with van der Waals surface area (Å²) in [6.07, 6.45) is 0. The van der Waals surface area contributed by atoms with Gasteiger partial charge in [0, 0.05) is 17.5 Å². The number of ether oxygens (including phenoxy) is 2. The number of hydrogen-bond acceptors (Lipinski definition) is 6. The van der Waals surface area contributed by atoms with Crippen LogP contribution in [0.4, 0.5) is 0 Å².